The first-order valence-electron chi connectivity index (χ1n) is 9.48. The predicted octanol–water partition coefficient (Wildman–Crippen LogP) is 4.80. The molecule has 4 rings (SSSR count). The van der Waals surface area contributed by atoms with Gasteiger partial charge in [-0.25, -0.2) is 18.3 Å². The molecule has 0 atom stereocenters. The molecule has 0 fully saturated rings. The molecule has 0 aliphatic rings. The summed E-state index contributed by atoms with van der Waals surface area (Å²) in [4.78, 5) is 16.6. The lowest BCUT2D eigenvalue weighted by Gasteiger charge is -2.06. The summed E-state index contributed by atoms with van der Waals surface area (Å²) in [6.45, 7) is 2.53. The summed E-state index contributed by atoms with van der Waals surface area (Å²) in [5.41, 5.74) is 2.50. The Kier molecular flexibility index (Phi) is 6.13. The molecule has 158 valence electrons. The maximum atomic E-state index is 13.3. The molecule has 4 aromatic rings. The summed E-state index contributed by atoms with van der Waals surface area (Å²) in [5.74, 6) is -1.10. The number of nitrogens with one attached hydrogen (secondary N) is 1. The second kappa shape index (κ2) is 9.13. The molecule has 2 aromatic carbocycles. The standard InChI is InChI=1S/C22H18F2N4O2S/c1-2-30-18-5-3-14(4-6-18)19-12-20-22(25-7-8-28(20)27-19)31-13-21(29)26-17-10-15(23)9-16(24)11-17/h3-12H,2,13H2,1H3,(H,26,29). The molecule has 31 heavy (non-hydrogen) atoms. The van der Waals surface area contributed by atoms with Gasteiger partial charge in [0, 0.05) is 29.7 Å². The van der Waals surface area contributed by atoms with Crippen LogP contribution < -0.4 is 10.1 Å². The van der Waals surface area contributed by atoms with Gasteiger partial charge in [-0.3, -0.25) is 4.79 Å². The van der Waals surface area contributed by atoms with Gasteiger partial charge in [0.15, 0.2) is 0 Å². The molecule has 2 heterocycles. The predicted molar refractivity (Wildman–Crippen MR) is 115 cm³/mol. The van der Waals surface area contributed by atoms with Crippen LogP contribution in [0.5, 0.6) is 5.75 Å². The Bertz CT molecular complexity index is 1210. The van der Waals surface area contributed by atoms with E-state index in [1.165, 1.54) is 11.8 Å². The number of halogens is 2. The summed E-state index contributed by atoms with van der Waals surface area (Å²) in [7, 11) is 0. The molecule has 2 aromatic heterocycles. The average Bonchev–Trinajstić information content (AvgIpc) is 3.17. The fourth-order valence-electron chi connectivity index (χ4n) is 3.00. The van der Waals surface area contributed by atoms with Gasteiger partial charge >= 0.3 is 0 Å². The molecule has 0 spiro atoms. The van der Waals surface area contributed by atoms with E-state index < -0.39 is 17.5 Å². The van der Waals surface area contributed by atoms with Crippen LogP contribution >= 0.6 is 11.8 Å². The van der Waals surface area contributed by atoms with Crippen molar-refractivity contribution in [2.24, 2.45) is 0 Å². The van der Waals surface area contributed by atoms with Crippen LogP contribution in [0.15, 0.2) is 66.0 Å². The van der Waals surface area contributed by atoms with Crippen molar-refractivity contribution in [1.82, 2.24) is 14.6 Å². The van der Waals surface area contributed by atoms with Crippen LogP contribution in [0.4, 0.5) is 14.5 Å². The number of anilines is 1. The molecule has 1 N–H and O–H groups in total. The van der Waals surface area contributed by atoms with Gasteiger partial charge in [-0.1, -0.05) is 11.8 Å². The van der Waals surface area contributed by atoms with E-state index in [1.54, 1.807) is 16.9 Å². The topological polar surface area (TPSA) is 68.5 Å². The number of carbonyl (C=O) groups excluding carboxylic acids is 1. The van der Waals surface area contributed by atoms with Gasteiger partial charge in [-0.05, 0) is 49.4 Å². The average molecular weight is 440 g/mol. The van der Waals surface area contributed by atoms with E-state index in [2.05, 4.69) is 15.4 Å². The van der Waals surface area contributed by atoms with Crippen LogP contribution in [-0.2, 0) is 4.79 Å². The highest BCUT2D eigenvalue weighted by atomic mass is 32.2. The van der Waals surface area contributed by atoms with Crippen molar-refractivity contribution in [3.8, 4) is 17.0 Å². The van der Waals surface area contributed by atoms with Crippen molar-refractivity contribution in [2.45, 2.75) is 11.9 Å². The first-order chi connectivity index (χ1) is 15.0. The zero-order chi connectivity index (χ0) is 21.8. The first-order valence-corrected chi connectivity index (χ1v) is 10.5. The molecule has 0 saturated heterocycles. The zero-order valence-corrected chi connectivity index (χ0v) is 17.3. The van der Waals surface area contributed by atoms with Crippen LogP contribution in [0.25, 0.3) is 16.8 Å². The molecule has 0 aliphatic carbocycles. The number of hydrogen-bond donors (Lipinski definition) is 1. The second-order valence-corrected chi connectivity index (χ2v) is 7.51. The third-order valence-electron chi connectivity index (χ3n) is 4.30. The van der Waals surface area contributed by atoms with Crippen molar-refractivity contribution in [3.63, 3.8) is 0 Å². The third kappa shape index (κ3) is 5.00. The number of rotatable bonds is 7. The lowest BCUT2D eigenvalue weighted by atomic mass is 10.1. The number of hydrogen-bond acceptors (Lipinski definition) is 5. The van der Waals surface area contributed by atoms with Crippen LogP contribution in [-0.4, -0.2) is 32.9 Å². The highest BCUT2D eigenvalue weighted by molar-refractivity contribution is 8.00. The fraction of sp³-hybridized carbons (Fsp3) is 0.136. The number of ether oxygens (including phenoxy) is 1. The molecule has 0 bridgehead atoms. The van der Waals surface area contributed by atoms with Gasteiger partial charge in [-0.2, -0.15) is 5.10 Å². The van der Waals surface area contributed by atoms with E-state index >= 15 is 0 Å². The van der Waals surface area contributed by atoms with Gasteiger partial charge in [0.2, 0.25) is 5.91 Å². The minimum absolute atomic E-state index is 0.0222. The molecule has 0 saturated carbocycles. The molecule has 0 radical (unpaired) electrons. The van der Waals surface area contributed by atoms with Crippen LogP contribution in [0.3, 0.4) is 0 Å². The molecule has 0 aliphatic heterocycles. The second-order valence-electron chi connectivity index (χ2n) is 6.54. The van der Waals surface area contributed by atoms with Crippen LogP contribution in [0, 0.1) is 11.6 Å². The Morgan fingerprint density at radius 2 is 1.87 bits per heavy atom. The van der Waals surface area contributed by atoms with E-state index in [4.69, 9.17) is 4.74 Å². The summed E-state index contributed by atoms with van der Waals surface area (Å²) < 4.78 is 33.7. The van der Waals surface area contributed by atoms with E-state index in [-0.39, 0.29) is 11.4 Å². The van der Waals surface area contributed by atoms with Crippen molar-refractivity contribution >= 4 is 28.9 Å². The number of nitrogens with zero attached hydrogens (tertiary/aromatic N) is 3. The summed E-state index contributed by atoms with van der Waals surface area (Å²) in [6, 6.07) is 12.4. The quantitative estimate of drug-likeness (QED) is 0.418. The van der Waals surface area contributed by atoms with Gasteiger partial charge in [0.1, 0.15) is 22.4 Å². The van der Waals surface area contributed by atoms with Crippen molar-refractivity contribution in [3.05, 3.63) is 72.6 Å². The van der Waals surface area contributed by atoms with Gasteiger partial charge in [0.05, 0.1) is 23.6 Å². The largest absolute Gasteiger partial charge is 0.494 e. The van der Waals surface area contributed by atoms with Crippen LogP contribution in [0.2, 0.25) is 0 Å². The Balaban J connectivity index is 1.48. The van der Waals surface area contributed by atoms with Gasteiger partial charge in [0.25, 0.3) is 0 Å². The maximum Gasteiger partial charge on any atom is 0.234 e. The summed E-state index contributed by atoms with van der Waals surface area (Å²) in [6.07, 6.45) is 3.33. The molecule has 1 amide bonds. The smallest absolute Gasteiger partial charge is 0.234 e. The Hall–Kier alpha value is -3.46. The first kappa shape index (κ1) is 20.8. The Labute approximate surface area is 181 Å². The molecular weight excluding hydrogens is 422 g/mol. The number of aromatic nitrogens is 3. The monoisotopic (exact) mass is 440 g/mol. The van der Waals surface area contributed by atoms with E-state index in [0.717, 1.165) is 40.7 Å². The zero-order valence-electron chi connectivity index (χ0n) is 16.5. The normalized spacial score (nSPS) is 10.9. The molecule has 6 nitrogen and oxygen atoms in total. The van der Waals surface area contributed by atoms with E-state index in [0.29, 0.717) is 11.6 Å². The summed E-state index contributed by atoms with van der Waals surface area (Å²) >= 11 is 1.21. The lowest BCUT2D eigenvalue weighted by molar-refractivity contribution is -0.113. The number of fused-ring (bicyclic) bond motifs is 1. The lowest BCUT2D eigenvalue weighted by Crippen LogP contribution is -2.14. The third-order valence-corrected chi connectivity index (χ3v) is 5.30. The number of benzene rings is 2. The molecule has 0 unspecified atom stereocenters. The molecular formula is C22H18F2N4O2S. The number of thioether (sulfide) groups is 1. The van der Waals surface area contributed by atoms with Crippen molar-refractivity contribution in [1.29, 1.82) is 0 Å². The van der Waals surface area contributed by atoms with Crippen LogP contribution in [0.1, 0.15) is 6.92 Å². The Morgan fingerprint density at radius 3 is 2.58 bits per heavy atom. The van der Waals surface area contributed by atoms with E-state index in [9.17, 15) is 13.6 Å². The summed E-state index contributed by atoms with van der Waals surface area (Å²) in [5, 5.41) is 7.68. The number of amides is 1. The minimum atomic E-state index is -0.754. The highest BCUT2D eigenvalue weighted by Crippen LogP contribution is 2.27. The van der Waals surface area contributed by atoms with Crippen molar-refractivity contribution < 1.29 is 18.3 Å². The SMILES string of the molecule is CCOc1ccc(-c2cc3c(SCC(=O)Nc4cc(F)cc(F)c4)nccn3n2)cc1. The van der Waals surface area contributed by atoms with Gasteiger partial charge < -0.3 is 10.1 Å². The van der Waals surface area contributed by atoms with Gasteiger partial charge in [-0.15, -0.1) is 0 Å². The molecule has 9 heteroatoms. The highest BCUT2D eigenvalue weighted by Gasteiger charge is 2.12. The van der Waals surface area contributed by atoms with Crippen molar-refractivity contribution in [2.75, 3.05) is 17.7 Å². The Morgan fingerprint density at radius 1 is 1.13 bits per heavy atom. The minimum Gasteiger partial charge on any atom is -0.494 e. The number of carbonyl (C=O) groups is 1. The fourth-order valence-corrected chi connectivity index (χ4v) is 3.77. The maximum absolute atomic E-state index is 13.3. The van der Waals surface area contributed by atoms with E-state index in [1.807, 2.05) is 37.3 Å².